The average molecular weight is 446 g/mol. The molecule has 7 nitrogen and oxygen atoms in total. The number of hydrogen-bond donors (Lipinski definition) is 0. The van der Waals surface area contributed by atoms with Crippen LogP contribution < -0.4 is 9.80 Å². The Morgan fingerprint density at radius 1 is 0.875 bits per heavy atom. The van der Waals surface area contributed by atoms with E-state index in [1.807, 2.05) is 54.5 Å². The highest BCUT2D eigenvalue weighted by Crippen LogP contribution is 2.38. The van der Waals surface area contributed by atoms with E-state index in [0.29, 0.717) is 49.1 Å². The van der Waals surface area contributed by atoms with Crippen LogP contribution in [0, 0.1) is 13.8 Å². The minimum absolute atomic E-state index is 0.255. The van der Waals surface area contributed by atoms with Crippen LogP contribution in [0.5, 0.6) is 0 Å². The number of aryl methyl sites for hydroxylation is 2. The molecule has 0 bridgehead atoms. The van der Waals surface area contributed by atoms with Gasteiger partial charge in [-0.1, -0.05) is 23.8 Å². The second-order valence-electron chi connectivity index (χ2n) is 7.96. The van der Waals surface area contributed by atoms with Gasteiger partial charge in [-0.3, -0.25) is 9.59 Å². The largest absolute Gasteiger partial charge is 0.363 e. The van der Waals surface area contributed by atoms with Gasteiger partial charge in [0.1, 0.15) is 5.70 Å². The van der Waals surface area contributed by atoms with Crippen molar-refractivity contribution in [2.45, 2.75) is 13.8 Å². The maximum atomic E-state index is 13.7. The molecule has 0 saturated carbocycles. The van der Waals surface area contributed by atoms with Gasteiger partial charge in [0.15, 0.2) is 0 Å². The maximum absolute atomic E-state index is 13.7. The SMILES string of the molecule is Cc1ccc(N2C(=O)C(c3cccs3)=C(N3CCN(c4ncccn4)CC3)C2=O)c(C)c1. The van der Waals surface area contributed by atoms with Crippen molar-refractivity contribution in [3.05, 3.63) is 75.9 Å². The van der Waals surface area contributed by atoms with Crippen molar-refractivity contribution < 1.29 is 9.59 Å². The third-order valence-corrected chi connectivity index (χ3v) is 6.74. The van der Waals surface area contributed by atoms with Crippen molar-refractivity contribution in [3.63, 3.8) is 0 Å². The van der Waals surface area contributed by atoms with E-state index in [-0.39, 0.29) is 11.8 Å². The van der Waals surface area contributed by atoms with Gasteiger partial charge < -0.3 is 9.80 Å². The number of anilines is 2. The molecule has 0 N–H and O–H groups in total. The molecule has 5 rings (SSSR count). The molecule has 2 amide bonds. The Morgan fingerprint density at radius 3 is 2.25 bits per heavy atom. The Morgan fingerprint density at radius 2 is 1.59 bits per heavy atom. The van der Waals surface area contributed by atoms with Gasteiger partial charge in [-0.25, -0.2) is 14.9 Å². The average Bonchev–Trinajstić information content (AvgIpc) is 3.41. The number of carbonyl (C=O) groups is 2. The first-order valence-electron chi connectivity index (χ1n) is 10.6. The van der Waals surface area contributed by atoms with Crippen LogP contribution in [0.2, 0.25) is 0 Å². The summed E-state index contributed by atoms with van der Waals surface area (Å²) in [6, 6.07) is 11.4. The van der Waals surface area contributed by atoms with Crippen molar-refractivity contribution >= 4 is 40.4 Å². The number of carbonyl (C=O) groups excluding carboxylic acids is 2. The Balaban J connectivity index is 1.49. The summed E-state index contributed by atoms with van der Waals surface area (Å²) >= 11 is 1.48. The summed E-state index contributed by atoms with van der Waals surface area (Å²) in [4.78, 5) is 42.2. The van der Waals surface area contributed by atoms with Crippen LogP contribution in [0.25, 0.3) is 5.57 Å². The van der Waals surface area contributed by atoms with Crippen LogP contribution in [-0.2, 0) is 9.59 Å². The van der Waals surface area contributed by atoms with Crippen LogP contribution in [0.3, 0.4) is 0 Å². The molecule has 1 fully saturated rings. The maximum Gasteiger partial charge on any atom is 0.282 e. The molecule has 8 heteroatoms. The zero-order valence-corrected chi connectivity index (χ0v) is 18.8. The molecule has 2 aliphatic heterocycles. The van der Waals surface area contributed by atoms with Gasteiger partial charge in [0.25, 0.3) is 11.8 Å². The first kappa shape index (κ1) is 20.4. The lowest BCUT2D eigenvalue weighted by Crippen LogP contribution is -2.48. The first-order chi connectivity index (χ1) is 15.5. The quantitative estimate of drug-likeness (QED) is 0.574. The lowest BCUT2D eigenvalue weighted by molar-refractivity contribution is -0.120. The Hall–Kier alpha value is -3.52. The highest BCUT2D eigenvalue weighted by atomic mass is 32.1. The van der Waals surface area contributed by atoms with Crippen molar-refractivity contribution in [2.75, 3.05) is 36.0 Å². The third-order valence-electron chi connectivity index (χ3n) is 5.85. The van der Waals surface area contributed by atoms with Gasteiger partial charge >= 0.3 is 0 Å². The monoisotopic (exact) mass is 445 g/mol. The summed E-state index contributed by atoms with van der Waals surface area (Å²) < 4.78 is 0. The number of imide groups is 1. The molecule has 0 atom stereocenters. The van der Waals surface area contributed by atoms with Gasteiger partial charge in [0.05, 0.1) is 11.3 Å². The van der Waals surface area contributed by atoms with E-state index < -0.39 is 0 Å². The predicted octanol–water partition coefficient (Wildman–Crippen LogP) is 3.26. The Kier molecular flexibility index (Phi) is 5.22. The Bertz CT molecular complexity index is 1200. The summed E-state index contributed by atoms with van der Waals surface area (Å²) in [6.07, 6.45) is 3.46. The van der Waals surface area contributed by atoms with Crippen LogP contribution >= 0.6 is 11.3 Å². The second-order valence-corrected chi connectivity index (χ2v) is 8.91. The number of rotatable bonds is 4. The summed E-state index contributed by atoms with van der Waals surface area (Å²) in [5.74, 6) is 0.174. The number of thiophene rings is 1. The smallest absolute Gasteiger partial charge is 0.282 e. The summed E-state index contributed by atoms with van der Waals surface area (Å²) in [5, 5.41) is 1.93. The van der Waals surface area contributed by atoms with Gasteiger partial charge in [0.2, 0.25) is 5.95 Å². The van der Waals surface area contributed by atoms with Crippen LogP contribution in [0.15, 0.2) is 59.9 Å². The topological polar surface area (TPSA) is 69.6 Å². The number of amides is 2. The molecule has 162 valence electrons. The van der Waals surface area contributed by atoms with Crippen LogP contribution in [0.1, 0.15) is 16.0 Å². The number of benzene rings is 1. The summed E-state index contributed by atoms with van der Waals surface area (Å²) in [5.41, 5.74) is 3.63. The fourth-order valence-corrected chi connectivity index (χ4v) is 5.08. The van der Waals surface area contributed by atoms with Gasteiger partial charge in [-0.2, -0.15) is 0 Å². The van der Waals surface area contributed by atoms with E-state index >= 15 is 0 Å². The van der Waals surface area contributed by atoms with E-state index in [1.54, 1.807) is 18.5 Å². The Labute approximate surface area is 190 Å². The van der Waals surface area contributed by atoms with E-state index in [9.17, 15) is 9.59 Å². The van der Waals surface area contributed by atoms with Crippen LogP contribution in [-0.4, -0.2) is 52.9 Å². The molecular weight excluding hydrogens is 422 g/mol. The van der Waals surface area contributed by atoms with E-state index in [1.165, 1.54) is 16.2 Å². The van der Waals surface area contributed by atoms with Crippen molar-refractivity contribution in [2.24, 2.45) is 0 Å². The highest BCUT2D eigenvalue weighted by molar-refractivity contribution is 7.11. The molecule has 4 heterocycles. The fourth-order valence-electron chi connectivity index (χ4n) is 4.31. The number of piperazine rings is 1. The number of hydrogen-bond acceptors (Lipinski definition) is 7. The zero-order chi connectivity index (χ0) is 22.2. The molecule has 0 unspecified atom stereocenters. The number of nitrogens with zero attached hydrogens (tertiary/aromatic N) is 5. The van der Waals surface area contributed by atoms with E-state index in [4.69, 9.17) is 0 Å². The number of aromatic nitrogens is 2. The molecule has 3 aromatic rings. The predicted molar refractivity (Wildman–Crippen MR) is 125 cm³/mol. The minimum atomic E-state index is -0.256. The fraction of sp³-hybridized carbons (Fsp3) is 0.250. The van der Waals surface area contributed by atoms with Crippen molar-refractivity contribution in [1.82, 2.24) is 14.9 Å². The molecule has 1 saturated heterocycles. The van der Waals surface area contributed by atoms with Crippen molar-refractivity contribution in [3.8, 4) is 0 Å². The molecular formula is C24H23N5O2S. The molecule has 0 radical (unpaired) electrons. The zero-order valence-electron chi connectivity index (χ0n) is 18.0. The van der Waals surface area contributed by atoms with E-state index in [2.05, 4.69) is 14.9 Å². The van der Waals surface area contributed by atoms with Crippen LogP contribution in [0.4, 0.5) is 11.6 Å². The van der Waals surface area contributed by atoms with Gasteiger partial charge in [-0.15, -0.1) is 11.3 Å². The highest BCUT2D eigenvalue weighted by Gasteiger charge is 2.43. The molecule has 1 aromatic carbocycles. The van der Waals surface area contributed by atoms with Gasteiger partial charge in [0, 0.05) is 43.4 Å². The summed E-state index contributed by atoms with van der Waals surface area (Å²) in [7, 11) is 0. The summed E-state index contributed by atoms with van der Waals surface area (Å²) in [6.45, 7) is 6.52. The normalized spacial score (nSPS) is 17.0. The molecule has 32 heavy (non-hydrogen) atoms. The molecule has 0 spiro atoms. The standard InChI is InChI=1S/C24H23N5O2S/c1-16-6-7-18(17(2)15-16)29-22(30)20(19-5-3-14-32-19)21(23(29)31)27-10-12-28(13-11-27)24-25-8-4-9-26-24/h3-9,14-15H,10-13H2,1-2H3. The van der Waals surface area contributed by atoms with Crippen molar-refractivity contribution in [1.29, 1.82) is 0 Å². The third kappa shape index (κ3) is 3.46. The lowest BCUT2D eigenvalue weighted by atomic mass is 10.1. The molecule has 2 aliphatic rings. The molecule has 0 aliphatic carbocycles. The van der Waals surface area contributed by atoms with Gasteiger partial charge in [-0.05, 0) is 43.0 Å². The second kappa shape index (κ2) is 8.20. The first-order valence-corrected chi connectivity index (χ1v) is 11.4. The minimum Gasteiger partial charge on any atom is -0.363 e. The van der Waals surface area contributed by atoms with E-state index in [0.717, 1.165) is 16.0 Å². The molecule has 2 aromatic heterocycles. The lowest BCUT2D eigenvalue weighted by Gasteiger charge is -2.36.